The van der Waals surface area contributed by atoms with E-state index in [2.05, 4.69) is 12.1 Å². The number of carbonyl (C=O) groups excluding carboxylic acids is 1. The van der Waals surface area contributed by atoms with Crippen LogP contribution in [0, 0.1) is 0 Å². The summed E-state index contributed by atoms with van der Waals surface area (Å²) in [6.45, 7) is 1.46. The fourth-order valence-corrected chi connectivity index (χ4v) is 2.22. The Bertz CT molecular complexity index is 412. The lowest BCUT2D eigenvalue weighted by molar-refractivity contribution is -0.119. The van der Waals surface area contributed by atoms with Crippen molar-refractivity contribution in [3.05, 3.63) is 29.3 Å². The van der Waals surface area contributed by atoms with E-state index in [1.807, 2.05) is 6.07 Å². The number of aryl methyl sites for hydroxylation is 1. The third-order valence-corrected chi connectivity index (χ3v) is 3.25. The van der Waals surface area contributed by atoms with E-state index >= 15 is 0 Å². The zero-order valence-electron chi connectivity index (χ0n) is 10.9. The summed E-state index contributed by atoms with van der Waals surface area (Å²) in [6.07, 6.45) is 3.91. The third kappa shape index (κ3) is 3.57. The number of fused-ring (bicyclic) bond motifs is 1. The first kappa shape index (κ1) is 13.1. The zero-order chi connectivity index (χ0) is 12.8. The number of benzene rings is 1. The number of ether oxygens (including phenoxy) is 2. The predicted molar refractivity (Wildman–Crippen MR) is 70.1 cm³/mol. The quantitative estimate of drug-likeness (QED) is 0.696. The highest BCUT2D eigenvalue weighted by molar-refractivity contribution is 5.78. The van der Waals surface area contributed by atoms with Crippen LogP contribution in [-0.4, -0.2) is 26.1 Å². The Morgan fingerprint density at radius 3 is 3.11 bits per heavy atom. The average molecular weight is 248 g/mol. The van der Waals surface area contributed by atoms with E-state index in [0.29, 0.717) is 25.2 Å². The Balaban J connectivity index is 1.78. The summed E-state index contributed by atoms with van der Waals surface area (Å²) >= 11 is 0. The molecule has 0 saturated carbocycles. The SMILES string of the molecule is COCCCC(=O)CCc1ccc2c(c1)CCO2. The van der Waals surface area contributed by atoms with Crippen molar-refractivity contribution in [1.29, 1.82) is 0 Å². The highest BCUT2D eigenvalue weighted by Gasteiger charge is 2.12. The van der Waals surface area contributed by atoms with Crippen molar-refractivity contribution in [3.8, 4) is 5.75 Å². The van der Waals surface area contributed by atoms with Crippen molar-refractivity contribution in [2.75, 3.05) is 20.3 Å². The third-order valence-electron chi connectivity index (χ3n) is 3.25. The topological polar surface area (TPSA) is 35.5 Å². The molecule has 0 unspecified atom stereocenters. The van der Waals surface area contributed by atoms with Crippen LogP contribution in [0.15, 0.2) is 18.2 Å². The van der Waals surface area contributed by atoms with Crippen LogP contribution in [0.25, 0.3) is 0 Å². The number of hydrogen-bond acceptors (Lipinski definition) is 3. The molecule has 0 spiro atoms. The summed E-state index contributed by atoms with van der Waals surface area (Å²) < 4.78 is 10.4. The molecular formula is C15H20O3. The van der Waals surface area contributed by atoms with Gasteiger partial charge in [0.1, 0.15) is 11.5 Å². The Morgan fingerprint density at radius 1 is 1.39 bits per heavy atom. The van der Waals surface area contributed by atoms with Crippen molar-refractivity contribution in [3.63, 3.8) is 0 Å². The number of rotatable bonds is 7. The molecule has 1 heterocycles. The normalized spacial score (nSPS) is 13.2. The molecule has 0 N–H and O–H groups in total. The molecule has 1 aromatic rings. The largest absolute Gasteiger partial charge is 0.493 e. The molecule has 0 radical (unpaired) electrons. The maximum absolute atomic E-state index is 11.6. The minimum atomic E-state index is 0.323. The standard InChI is InChI=1S/C15H20O3/c1-17-9-2-3-14(16)6-4-12-5-7-15-13(11-12)8-10-18-15/h5,7,11H,2-4,6,8-10H2,1H3. The number of carbonyl (C=O) groups is 1. The van der Waals surface area contributed by atoms with Crippen molar-refractivity contribution in [2.24, 2.45) is 0 Å². The van der Waals surface area contributed by atoms with Gasteiger partial charge >= 0.3 is 0 Å². The molecule has 0 fully saturated rings. The average Bonchev–Trinajstić information content (AvgIpc) is 2.84. The lowest BCUT2D eigenvalue weighted by Crippen LogP contribution is -2.02. The Labute approximate surface area is 108 Å². The zero-order valence-corrected chi connectivity index (χ0v) is 10.9. The van der Waals surface area contributed by atoms with Crippen LogP contribution < -0.4 is 4.74 Å². The van der Waals surface area contributed by atoms with E-state index in [9.17, 15) is 4.79 Å². The second-order valence-corrected chi connectivity index (χ2v) is 4.68. The molecule has 0 bridgehead atoms. The van der Waals surface area contributed by atoms with Crippen molar-refractivity contribution < 1.29 is 14.3 Å². The van der Waals surface area contributed by atoms with Gasteiger partial charge < -0.3 is 9.47 Å². The van der Waals surface area contributed by atoms with Crippen LogP contribution in [-0.2, 0) is 22.4 Å². The second-order valence-electron chi connectivity index (χ2n) is 4.68. The summed E-state index contributed by atoms with van der Waals surface area (Å²) in [5, 5.41) is 0. The van der Waals surface area contributed by atoms with Crippen LogP contribution in [0.3, 0.4) is 0 Å². The van der Waals surface area contributed by atoms with Gasteiger partial charge in [0.15, 0.2) is 0 Å². The molecule has 98 valence electrons. The van der Waals surface area contributed by atoms with Crippen LogP contribution >= 0.6 is 0 Å². The molecule has 3 heteroatoms. The highest BCUT2D eigenvalue weighted by Crippen LogP contribution is 2.26. The fraction of sp³-hybridized carbons (Fsp3) is 0.533. The number of Topliss-reactive ketones (excluding diaryl/α,β-unsaturated/α-hetero) is 1. The Hall–Kier alpha value is -1.35. The molecule has 0 saturated heterocycles. The summed E-state index contributed by atoms with van der Waals surface area (Å²) in [6, 6.07) is 6.25. The highest BCUT2D eigenvalue weighted by atomic mass is 16.5. The van der Waals surface area contributed by atoms with Gasteiger partial charge in [0.05, 0.1) is 6.61 Å². The summed E-state index contributed by atoms with van der Waals surface area (Å²) in [5.41, 5.74) is 2.51. The first-order valence-corrected chi connectivity index (χ1v) is 6.55. The van der Waals surface area contributed by atoms with Gasteiger partial charge in [-0.05, 0) is 30.0 Å². The molecule has 1 aromatic carbocycles. The first-order chi connectivity index (χ1) is 8.79. The number of methoxy groups -OCH3 is 1. The molecule has 1 aliphatic rings. The minimum Gasteiger partial charge on any atom is -0.493 e. The minimum absolute atomic E-state index is 0.323. The van der Waals surface area contributed by atoms with Gasteiger partial charge in [0, 0.05) is 33.0 Å². The van der Waals surface area contributed by atoms with Crippen molar-refractivity contribution >= 4 is 5.78 Å². The first-order valence-electron chi connectivity index (χ1n) is 6.55. The van der Waals surface area contributed by atoms with Gasteiger partial charge in [-0.2, -0.15) is 0 Å². The van der Waals surface area contributed by atoms with Crippen LogP contribution in [0.4, 0.5) is 0 Å². The van der Waals surface area contributed by atoms with Crippen LogP contribution in [0.2, 0.25) is 0 Å². The number of hydrogen-bond donors (Lipinski definition) is 0. The summed E-state index contributed by atoms with van der Waals surface area (Å²) in [7, 11) is 1.66. The fourth-order valence-electron chi connectivity index (χ4n) is 2.22. The smallest absolute Gasteiger partial charge is 0.133 e. The van der Waals surface area contributed by atoms with Gasteiger partial charge in [-0.15, -0.1) is 0 Å². The predicted octanol–water partition coefficient (Wildman–Crippen LogP) is 2.55. The Kier molecular flexibility index (Phi) is 4.76. The lowest BCUT2D eigenvalue weighted by atomic mass is 10.0. The van der Waals surface area contributed by atoms with Crippen molar-refractivity contribution in [1.82, 2.24) is 0 Å². The van der Waals surface area contributed by atoms with Gasteiger partial charge in [-0.1, -0.05) is 12.1 Å². The monoisotopic (exact) mass is 248 g/mol. The van der Waals surface area contributed by atoms with Gasteiger partial charge in [0.25, 0.3) is 0 Å². The Morgan fingerprint density at radius 2 is 2.28 bits per heavy atom. The van der Waals surface area contributed by atoms with Crippen LogP contribution in [0.1, 0.15) is 30.4 Å². The lowest BCUT2D eigenvalue weighted by Gasteiger charge is -2.04. The molecule has 2 rings (SSSR count). The van der Waals surface area contributed by atoms with Gasteiger partial charge in [-0.25, -0.2) is 0 Å². The van der Waals surface area contributed by atoms with E-state index in [4.69, 9.17) is 9.47 Å². The van der Waals surface area contributed by atoms with E-state index in [-0.39, 0.29) is 0 Å². The molecule has 0 aromatic heterocycles. The van der Waals surface area contributed by atoms with Crippen molar-refractivity contribution in [2.45, 2.75) is 32.1 Å². The van der Waals surface area contributed by atoms with Gasteiger partial charge in [0.2, 0.25) is 0 Å². The molecular weight excluding hydrogens is 228 g/mol. The summed E-state index contributed by atoms with van der Waals surface area (Å²) in [4.78, 5) is 11.6. The van der Waals surface area contributed by atoms with Crippen LogP contribution in [0.5, 0.6) is 5.75 Å². The molecule has 3 nitrogen and oxygen atoms in total. The van der Waals surface area contributed by atoms with E-state index in [1.54, 1.807) is 7.11 Å². The molecule has 0 amide bonds. The number of ketones is 1. The maximum Gasteiger partial charge on any atom is 0.133 e. The van der Waals surface area contributed by atoms with E-state index < -0.39 is 0 Å². The van der Waals surface area contributed by atoms with E-state index in [1.165, 1.54) is 11.1 Å². The summed E-state index contributed by atoms with van der Waals surface area (Å²) in [5.74, 6) is 1.33. The molecule has 0 aliphatic carbocycles. The molecule has 18 heavy (non-hydrogen) atoms. The van der Waals surface area contributed by atoms with E-state index in [0.717, 1.165) is 31.6 Å². The molecule has 1 aliphatic heterocycles. The second kappa shape index (κ2) is 6.55. The van der Waals surface area contributed by atoms with Gasteiger partial charge in [-0.3, -0.25) is 4.79 Å². The maximum atomic E-state index is 11.6. The molecule has 0 atom stereocenters.